The number of rotatable bonds is 2. The van der Waals surface area contributed by atoms with Gasteiger partial charge in [-0.05, 0) is 31.2 Å². The number of nitrogens with two attached hydrogens (primary N) is 1. The molecule has 2 nitrogen and oxygen atoms in total. The van der Waals surface area contributed by atoms with Crippen LogP contribution in [0.3, 0.4) is 0 Å². The maximum Gasteiger partial charge on any atom is 0.196 e. The van der Waals surface area contributed by atoms with Crippen LogP contribution in [0.15, 0.2) is 24.3 Å². The number of benzene rings is 1. The molecule has 1 atom stereocenters. The van der Waals surface area contributed by atoms with Gasteiger partial charge >= 0.3 is 0 Å². The predicted octanol–water partition coefficient (Wildman–Crippen LogP) is 3.60. The molecule has 0 saturated heterocycles. The first-order valence-corrected chi connectivity index (χ1v) is 7.39. The summed E-state index contributed by atoms with van der Waals surface area (Å²) < 4.78 is 0. The van der Waals surface area contributed by atoms with Crippen molar-refractivity contribution >= 4 is 22.1 Å². The van der Waals surface area contributed by atoms with Crippen LogP contribution in [0.4, 0.5) is 5.00 Å². The van der Waals surface area contributed by atoms with Gasteiger partial charge in [0.25, 0.3) is 0 Å². The van der Waals surface area contributed by atoms with Gasteiger partial charge in [0.2, 0.25) is 0 Å². The highest BCUT2D eigenvalue weighted by molar-refractivity contribution is 7.16. The highest BCUT2D eigenvalue weighted by Crippen LogP contribution is 2.40. The van der Waals surface area contributed by atoms with Crippen molar-refractivity contribution in [3.63, 3.8) is 0 Å². The van der Waals surface area contributed by atoms with E-state index in [9.17, 15) is 4.79 Å². The molecule has 1 aliphatic rings. The maximum absolute atomic E-state index is 12.6. The molecule has 98 valence electrons. The Morgan fingerprint density at radius 3 is 2.63 bits per heavy atom. The number of ketones is 1. The Bertz CT molecular complexity index is 640. The van der Waals surface area contributed by atoms with Gasteiger partial charge < -0.3 is 5.73 Å². The number of fused-ring (bicyclic) bond motifs is 1. The van der Waals surface area contributed by atoms with Crippen molar-refractivity contribution in [2.24, 2.45) is 5.92 Å². The molecule has 0 saturated carbocycles. The molecule has 1 aliphatic carbocycles. The summed E-state index contributed by atoms with van der Waals surface area (Å²) in [6.07, 6.45) is 2.04. The first-order valence-electron chi connectivity index (χ1n) is 6.57. The molecule has 3 heteroatoms. The van der Waals surface area contributed by atoms with Gasteiger partial charge in [-0.1, -0.05) is 36.8 Å². The van der Waals surface area contributed by atoms with Gasteiger partial charge in [0, 0.05) is 10.4 Å². The SMILES string of the molecule is Cc1ccc(C(=O)c2c(N)sc3c2CC(C)C3)cc1. The lowest BCUT2D eigenvalue weighted by molar-refractivity contribution is 0.103. The van der Waals surface area contributed by atoms with Crippen molar-refractivity contribution in [3.8, 4) is 0 Å². The number of aryl methyl sites for hydroxylation is 1. The van der Waals surface area contributed by atoms with E-state index < -0.39 is 0 Å². The molecule has 0 spiro atoms. The van der Waals surface area contributed by atoms with Crippen LogP contribution in [0.1, 0.15) is 38.8 Å². The van der Waals surface area contributed by atoms with Gasteiger partial charge in [0.1, 0.15) is 0 Å². The summed E-state index contributed by atoms with van der Waals surface area (Å²) in [5.74, 6) is 0.704. The van der Waals surface area contributed by atoms with Gasteiger partial charge in [-0.25, -0.2) is 0 Å². The van der Waals surface area contributed by atoms with Gasteiger partial charge in [-0.3, -0.25) is 4.79 Å². The largest absolute Gasteiger partial charge is 0.390 e. The highest BCUT2D eigenvalue weighted by Gasteiger charge is 2.29. The Morgan fingerprint density at radius 2 is 1.95 bits per heavy atom. The lowest BCUT2D eigenvalue weighted by Gasteiger charge is -2.05. The summed E-state index contributed by atoms with van der Waals surface area (Å²) in [7, 11) is 0. The minimum atomic E-state index is 0.0732. The number of thiophene rings is 1. The monoisotopic (exact) mass is 271 g/mol. The van der Waals surface area contributed by atoms with Crippen molar-refractivity contribution in [2.45, 2.75) is 26.7 Å². The minimum Gasteiger partial charge on any atom is -0.390 e. The van der Waals surface area contributed by atoms with Crippen molar-refractivity contribution in [2.75, 3.05) is 5.73 Å². The van der Waals surface area contributed by atoms with Crippen molar-refractivity contribution < 1.29 is 4.79 Å². The predicted molar refractivity (Wildman–Crippen MR) is 79.9 cm³/mol. The van der Waals surface area contributed by atoms with Crippen LogP contribution in [0.2, 0.25) is 0 Å². The molecular weight excluding hydrogens is 254 g/mol. The fraction of sp³-hybridized carbons (Fsp3) is 0.312. The second-order valence-corrected chi connectivity index (χ2v) is 6.59. The topological polar surface area (TPSA) is 43.1 Å². The molecule has 2 N–H and O–H groups in total. The minimum absolute atomic E-state index is 0.0732. The second kappa shape index (κ2) is 4.49. The van der Waals surface area contributed by atoms with Crippen molar-refractivity contribution in [3.05, 3.63) is 51.4 Å². The zero-order valence-electron chi connectivity index (χ0n) is 11.2. The zero-order valence-corrected chi connectivity index (χ0v) is 12.0. The number of hydrogen-bond donors (Lipinski definition) is 1. The van der Waals surface area contributed by atoms with Gasteiger partial charge in [0.15, 0.2) is 5.78 Å². The third-order valence-electron chi connectivity index (χ3n) is 3.75. The molecule has 2 aromatic rings. The molecule has 0 amide bonds. The first kappa shape index (κ1) is 12.4. The van der Waals surface area contributed by atoms with Gasteiger partial charge in [-0.2, -0.15) is 0 Å². The van der Waals surface area contributed by atoms with E-state index in [1.54, 1.807) is 11.3 Å². The van der Waals surface area contributed by atoms with Crippen molar-refractivity contribution in [1.29, 1.82) is 0 Å². The van der Waals surface area contributed by atoms with E-state index in [1.807, 2.05) is 31.2 Å². The molecule has 1 heterocycles. The van der Waals surface area contributed by atoms with Crippen LogP contribution in [-0.2, 0) is 12.8 Å². The van der Waals surface area contributed by atoms with E-state index in [2.05, 4.69) is 6.92 Å². The third kappa shape index (κ3) is 2.08. The molecule has 1 aromatic heterocycles. The summed E-state index contributed by atoms with van der Waals surface area (Å²) in [4.78, 5) is 13.9. The van der Waals surface area contributed by atoms with Crippen LogP contribution >= 0.6 is 11.3 Å². The zero-order chi connectivity index (χ0) is 13.6. The Morgan fingerprint density at radius 1 is 1.26 bits per heavy atom. The maximum atomic E-state index is 12.6. The summed E-state index contributed by atoms with van der Waals surface area (Å²) in [5.41, 5.74) is 9.91. The Kier molecular flexibility index (Phi) is 2.94. The first-order chi connectivity index (χ1) is 9.06. The van der Waals surface area contributed by atoms with E-state index in [4.69, 9.17) is 5.73 Å². The van der Waals surface area contributed by atoms with Crippen LogP contribution in [0.5, 0.6) is 0 Å². The van der Waals surface area contributed by atoms with Crippen LogP contribution in [-0.4, -0.2) is 5.78 Å². The summed E-state index contributed by atoms with van der Waals surface area (Å²) in [6, 6.07) is 7.72. The number of carbonyl (C=O) groups is 1. The van der Waals surface area contributed by atoms with E-state index in [0.29, 0.717) is 10.9 Å². The lowest BCUT2D eigenvalue weighted by Crippen LogP contribution is -2.06. The Labute approximate surface area is 117 Å². The summed E-state index contributed by atoms with van der Waals surface area (Å²) >= 11 is 1.59. The molecule has 1 aromatic carbocycles. The second-order valence-electron chi connectivity index (χ2n) is 5.45. The average molecular weight is 271 g/mol. The summed E-state index contributed by atoms with van der Waals surface area (Å²) in [6.45, 7) is 4.25. The van der Waals surface area contributed by atoms with E-state index >= 15 is 0 Å². The number of nitrogen functional groups attached to an aromatic ring is 1. The standard InChI is InChI=1S/C16H17NOS/c1-9-3-5-11(6-4-9)15(18)14-12-7-10(2)8-13(12)19-16(14)17/h3-6,10H,7-8,17H2,1-2H3. The average Bonchev–Trinajstić information content (AvgIpc) is 2.84. The number of hydrogen-bond acceptors (Lipinski definition) is 3. The van der Waals surface area contributed by atoms with Gasteiger partial charge in [-0.15, -0.1) is 11.3 Å². The Hall–Kier alpha value is -1.61. The fourth-order valence-corrected chi connectivity index (χ4v) is 4.01. The molecular formula is C16H17NOS. The summed E-state index contributed by atoms with van der Waals surface area (Å²) in [5, 5.41) is 0.683. The molecule has 19 heavy (non-hydrogen) atoms. The van der Waals surface area contributed by atoms with Crippen LogP contribution in [0, 0.1) is 12.8 Å². The van der Waals surface area contributed by atoms with Crippen molar-refractivity contribution in [1.82, 2.24) is 0 Å². The number of anilines is 1. The molecule has 1 unspecified atom stereocenters. The molecule has 0 bridgehead atoms. The van der Waals surface area contributed by atoms with Gasteiger partial charge in [0.05, 0.1) is 10.6 Å². The Balaban J connectivity index is 2.03. The molecule has 3 rings (SSSR count). The fourth-order valence-electron chi connectivity index (χ4n) is 2.75. The smallest absolute Gasteiger partial charge is 0.196 e. The molecule has 0 fully saturated rings. The normalized spacial score (nSPS) is 17.5. The highest BCUT2D eigenvalue weighted by atomic mass is 32.1. The lowest BCUT2D eigenvalue weighted by atomic mass is 9.98. The van der Waals surface area contributed by atoms with E-state index in [-0.39, 0.29) is 5.78 Å². The van der Waals surface area contributed by atoms with Crippen LogP contribution < -0.4 is 5.73 Å². The molecule has 0 radical (unpaired) electrons. The van der Waals surface area contributed by atoms with Crippen LogP contribution in [0.25, 0.3) is 0 Å². The third-order valence-corrected chi connectivity index (χ3v) is 4.83. The van der Waals surface area contributed by atoms with E-state index in [1.165, 1.54) is 10.4 Å². The van der Waals surface area contributed by atoms with E-state index in [0.717, 1.165) is 29.5 Å². The quantitative estimate of drug-likeness (QED) is 0.848. The molecule has 0 aliphatic heterocycles. The number of carbonyl (C=O) groups excluding carboxylic acids is 1.